The number of amides is 1. The van der Waals surface area contributed by atoms with Gasteiger partial charge in [-0.15, -0.1) is 0 Å². The Labute approximate surface area is 168 Å². The molecule has 1 heterocycles. The molecule has 2 aliphatic carbocycles. The normalized spacial score (nSPS) is 26.0. The van der Waals surface area contributed by atoms with E-state index in [1.165, 1.54) is 42.4 Å². The average molecular weight is 384 g/mol. The zero-order valence-electron chi connectivity index (χ0n) is 17.1. The van der Waals surface area contributed by atoms with Crippen LogP contribution >= 0.6 is 0 Å². The molecule has 0 bridgehead atoms. The number of benzene rings is 1. The molecule has 152 valence electrons. The second kappa shape index (κ2) is 8.59. The molecule has 2 fully saturated rings. The van der Waals surface area contributed by atoms with Gasteiger partial charge in [-0.25, -0.2) is 4.79 Å². The molecule has 1 aromatic rings. The summed E-state index contributed by atoms with van der Waals surface area (Å²) in [5.74, 6) is 1.65. The number of aryl methyl sites for hydroxylation is 1. The van der Waals surface area contributed by atoms with Crippen molar-refractivity contribution in [2.75, 3.05) is 13.2 Å². The third-order valence-electron chi connectivity index (χ3n) is 6.59. The minimum Gasteiger partial charge on any atom is -0.498 e. The van der Waals surface area contributed by atoms with Crippen molar-refractivity contribution in [2.45, 2.75) is 82.6 Å². The van der Waals surface area contributed by atoms with Crippen molar-refractivity contribution in [1.82, 2.24) is 5.32 Å². The fraction of sp³-hybridized carbons (Fsp3) is 0.625. The topological polar surface area (TPSA) is 47.6 Å². The Morgan fingerprint density at radius 2 is 2.11 bits per heavy atom. The molecule has 1 saturated heterocycles. The summed E-state index contributed by atoms with van der Waals surface area (Å²) in [6.45, 7) is 3.62. The van der Waals surface area contributed by atoms with Gasteiger partial charge in [0.1, 0.15) is 6.61 Å². The molecule has 1 aromatic carbocycles. The lowest BCUT2D eigenvalue weighted by molar-refractivity contribution is 0.172. The van der Waals surface area contributed by atoms with E-state index in [2.05, 4.69) is 36.5 Å². The van der Waals surface area contributed by atoms with Crippen molar-refractivity contribution in [3.8, 4) is 0 Å². The van der Waals surface area contributed by atoms with E-state index >= 15 is 0 Å². The van der Waals surface area contributed by atoms with Gasteiger partial charge in [-0.2, -0.15) is 0 Å². The number of hydrogen-bond donors (Lipinski definition) is 1. The first-order chi connectivity index (χ1) is 13.7. The highest BCUT2D eigenvalue weighted by Crippen LogP contribution is 2.43. The Morgan fingerprint density at radius 3 is 2.93 bits per heavy atom. The predicted molar refractivity (Wildman–Crippen MR) is 111 cm³/mol. The SMILES string of the molecule is CCCCCCCOC1=Cc2ccc([C@H]3CC[C@]4(COC(=O)N4)C3)cc2CC1. The standard InChI is InChI=1S/C24H33NO3/c1-2-3-4-5-6-13-27-22-10-9-18-14-19(7-8-20(18)15-22)21-11-12-24(16-21)17-28-23(26)25-24/h7-8,14-15,21H,2-6,9-13,16-17H2,1H3,(H,25,26)/t21-,24+/m0/s1. The highest BCUT2D eigenvalue weighted by molar-refractivity contribution is 5.71. The van der Waals surface area contributed by atoms with Crippen molar-refractivity contribution in [3.05, 3.63) is 40.6 Å². The number of ether oxygens (including phenoxy) is 2. The molecular weight excluding hydrogens is 350 g/mol. The number of carbonyl (C=O) groups is 1. The van der Waals surface area contributed by atoms with E-state index in [0.717, 1.165) is 50.9 Å². The summed E-state index contributed by atoms with van der Waals surface area (Å²) >= 11 is 0. The maximum atomic E-state index is 11.5. The van der Waals surface area contributed by atoms with Crippen molar-refractivity contribution in [3.63, 3.8) is 0 Å². The predicted octanol–water partition coefficient (Wildman–Crippen LogP) is 5.71. The molecule has 1 amide bonds. The molecule has 1 aliphatic heterocycles. The van der Waals surface area contributed by atoms with Gasteiger partial charge in [0.25, 0.3) is 0 Å². The van der Waals surface area contributed by atoms with Gasteiger partial charge in [-0.3, -0.25) is 0 Å². The first kappa shape index (κ1) is 19.4. The van der Waals surface area contributed by atoms with E-state index in [0.29, 0.717) is 12.5 Å². The van der Waals surface area contributed by atoms with Gasteiger partial charge in [-0.1, -0.05) is 50.8 Å². The van der Waals surface area contributed by atoms with Gasteiger partial charge >= 0.3 is 6.09 Å². The van der Waals surface area contributed by atoms with Crippen molar-refractivity contribution < 1.29 is 14.3 Å². The van der Waals surface area contributed by atoms with Crippen LogP contribution in [0, 0.1) is 0 Å². The minimum absolute atomic E-state index is 0.129. The lowest BCUT2D eigenvalue weighted by Crippen LogP contribution is -2.40. The quantitative estimate of drug-likeness (QED) is 0.585. The monoisotopic (exact) mass is 383 g/mol. The molecule has 0 radical (unpaired) electrons. The zero-order valence-corrected chi connectivity index (χ0v) is 17.1. The van der Waals surface area contributed by atoms with Gasteiger partial charge in [0, 0.05) is 6.42 Å². The van der Waals surface area contributed by atoms with Crippen LogP contribution in [-0.4, -0.2) is 24.8 Å². The van der Waals surface area contributed by atoms with E-state index in [1.54, 1.807) is 0 Å². The van der Waals surface area contributed by atoms with Crippen LogP contribution in [0.3, 0.4) is 0 Å². The Bertz CT molecular complexity index is 741. The second-order valence-electron chi connectivity index (χ2n) is 8.75. The average Bonchev–Trinajstić information content (AvgIpc) is 3.29. The van der Waals surface area contributed by atoms with Crippen LogP contribution in [-0.2, 0) is 15.9 Å². The number of nitrogens with one attached hydrogen (secondary N) is 1. The minimum atomic E-state index is -0.255. The highest BCUT2D eigenvalue weighted by atomic mass is 16.6. The highest BCUT2D eigenvalue weighted by Gasteiger charge is 2.45. The van der Waals surface area contributed by atoms with Gasteiger partial charge in [0.2, 0.25) is 0 Å². The number of cyclic esters (lactones) is 1. The smallest absolute Gasteiger partial charge is 0.407 e. The number of alkyl carbamates (subject to hydrolysis) is 1. The Kier molecular flexibility index (Phi) is 5.93. The molecule has 0 aromatic heterocycles. The maximum absolute atomic E-state index is 11.5. The third kappa shape index (κ3) is 4.37. The van der Waals surface area contributed by atoms with E-state index in [9.17, 15) is 4.79 Å². The number of hydrogen-bond acceptors (Lipinski definition) is 3. The molecule has 4 heteroatoms. The molecular formula is C24H33NO3. The summed E-state index contributed by atoms with van der Waals surface area (Å²) in [6, 6.07) is 6.90. The van der Waals surface area contributed by atoms with Crippen molar-refractivity contribution in [1.29, 1.82) is 0 Å². The molecule has 3 aliphatic rings. The van der Waals surface area contributed by atoms with Crippen molar-refractivity contribution >= 4 is 12.2 Å². The molecule has 0 unspecified atom stereocenters. The number of rotatable bonds is 8. The van der Waals surface area contributed by atoms with Gasteiger partial charge in [0.15, 0.2) is 0 Å². The van der Waals surface area contributed by atoms with Crippen LogP contribution in [0.2, 0.25) is 0 Å². The zero-order chi connectivity index (χ0) is 19.4. The van der Waals surface area contributed by atoms with Gasteiger partial charge < -0.3 is 14.8 Å². The summed E-state index contributed by atoms with van der Waals surface area (Å²) in [6.07, 6.45) is 13.5. The van der Waals surface area contributed by atoms with Crippen LogP contribution in [0.5, 0.6) is 0 Å². The van der Waals surface area contributed by atoms with Gasteiger partial charge in [0.05, 0.1) is 17.9 Å². The van der Waals surface area contributed by atoms with Gasteiger partial charge in [-0.05, 0) is 60.8 Å². The third-order valence-corrected chi connectivity index (χ3v) is 6.59. The molecule has 1 spiro atoms. The Morgan fingerprint density at radius 1 is 1.21 bits per heavy atom. The van der Waals surface area contributed by atoms with E-state index in [4.69, 9.17) is 9.47 Å². The summed E-state index contributed by atoms with van der Waals surface area (Å²) in [5, 5.41) is 3.05. The first-order valence-corrected chi connectivity index (χ1v) is 11.1. The molecule has 1 N–H and O–H groups in total. The molecule has 28 heavy (non-hydrogen) atoms. The van der Waals surface area contributed by atoms with Crippen LogP contribution < -0.4 is 5.32 Å². The van der Waals surface area contributed by atoms with Crippen LogP contribution in [0.4, 0.5) is 4.79 Å². The lowest BCUT2D eigenvalue weighted by atomic mass is 9.88. The van der Waals surface area contributed by atoms with E-state index in [1.807, 2.05) is 0 Å². The fourth-order valence-electron chi connectivity index (χ4n) is 4.91. The van der Waals surface area contributed by atoms with Crippen LogP contribution in [0.25, 0.3) is 6.08 Å². The molecule has 2 atom stereocenters. The Hall–Kier alpha value is -1.97. The molecule has 4 nitrogen and oxygen atoms in total. The number of unbranched alkanes of at least 4 members (excludes halogenated alkanes) is 4. The summed E-state index contributed by atoms with van der Waals surface area (Å²) in [5.41, 5.74) is 4.02. The lowest BCUT2D eigenvalue weighted by Gasteiger charge is -2.22. The van der Waals surface area contributed by atoms with Crippen LogP contribution in [0.1, 0.15) is 87.3 Å². The largest absolute Gasteiger partial charge is 0.498 e. The number of carbonyl (C=O) groups excluding carboxylic acids is 1. The summed E-state index contributed by atoms with van der Waals surface area (Å²) in [4.78, 5) is 11.5. The molecule has 4 rings (SSSR count). The van der Waals surface area contributed by atoms with Crippen LogP contribution in [0.15, 0.2) is 24.0 Å². The fourth-order valence-corrected chi connectivity index (χ4v) is 4.91. The summed E-state index contributed by atoms with van der Waals surface area (Å²) in [7, 11) is 0. The van der Waals surface area contributed by atoms with Crippen molar-refractivity contribution in [2.24, 2.45) is 0 Å². The maximum Gasteiger partial charge on any atom is 0.407 e. The first-order valence-electron chi connectivity index (χ1n) is 11.1. The van der Waals surface area contributed by atoms with E-state index < -0.39 is 0 Å². The Balaban J connectivity index is 1.33. The summed E-state index contributed by atoms with van der Waals surface area (Å²) < 4.78 is 11.2. The number of fused-ring (bicyclic) bond motifs is 1. The number of allylic oxidation sites excluding steroid dienone is 1. The van der Waals surface area contributed by atoms with E-state index in [-0.39, 0.29) is 11.6 Å². The second-order valence-corrected chi connectivity index (χ2v) is 8.75. The molecule has 1 saturated carbocycles.